The maximum absolute atomic E-state index is 8.94. The Kier molecular flexibility index (Phi) is 4.42. The van der Waals surface area contributed by atoms with Gasteiger partial charge in [-0.15, -0.1) is 0 Å². The highest BCUT2D eigenvalue weighted by Crippen LogP contribution is 2.33. The molecular weight excluding hydrogens is 350 g/mol. The van der Waals surface area contributed by atoms with Crippen molar-refractivity contribution < 1.29 is 4.74 Å². The van der Waals surface area contributed by atoms with E-state index < -0.39 is 0 Å². The van der Waals surface area contributed by atoms with Crippen LogP contribution < -0.4 is 10.1 Å². The van der Waals surface area contributed by atoms with E-state index in [4.69, 9.17) is 10.00 Å². The minimum Gasteiger partial charge on any atom is -0.438 e. The number of anilines is 2. The Balaban J connectivity index is 1.72. The number of rotatable bonds is 4. The molecule has 6 heteroatoms. The Morgan fingerprint density at radius 3 is 2.39 bits per heavy atom. The number of H-pyrrole nitrogens is 1. The van der Waals surface area contributed by atoms with Crippen LogP contribution in [-0.4, -0.2) is 15.0 Å². The van der Waals surface area contributed by atoms with Gasteiger partial charge in [0.15, 0.2) is 0 Å². The van der Waals surface area contributed by atoms with Crippen molar-refractivity contribution in [1.82, 2.24) is 15.0 Å². The number of aryl methyl sites for hydroxylation is 3. The summed E-state index contributed by atoms with van der Waals surface area (Å²) in [6.07, 6.45) is 1.81. The number of benzene rings is 2. The van der Waals surface area contributed by atoms with Gasteiger partial charge in [-0.3, -0.25) is 0 Å². The van der Waals surface area contributed by atoms with Crippen LogP contribution in [0.5, 0.6) is 11.6 Å². The Bertz CT molecular complexity index is 1180. The summed E-state index contributed by atoms with van der Waals surface area (Å²) in [6, 6.07) is 15.3. The van der Waals surface area contributed by atoms with E-state index in [1.54, 1.807) is 12.1 Å². The van der Waals surface area contributed by atoms with E-state index in [0.29, 0.717) is 23.0 Å². The van der Waals surface area contributed by atoms with Gasteiger partial charge in [0.05, 0.1) is 17.0 Å². The molecule has 0 unspecified atom stereocenters. The van der Waals surface area contributed by atoms with Crippen LogP contribution in [0.1, 0.15) is 22.3 Å². The van der Waals surface area contributed by atoms with Gasteiger partial charge in [-0.05, 0) is 62.2 Å². The van der Waals surface area contributed by atoms with Crippen molar-refractivity contribution in [3.8, 4) is 17.7 Å². The topological polar surface area (TPSA) is 86.6 Å². The molecule has 0 bridgehead atoms. The molecule has 2 heterocycles. The average molecular weight is 369 g/mol. The van der Waals surface area contributed by atoms with Gasteiger partial charge in [-0.2, -0.15) is 15.2 Å². The lowest BCUT2D eigenvalue weighted by Gasteiger charge is -2.14. The quantitative estimate of drug-likeness (QED) is 0.510. The van der Waals surface area contributed by atoms with Gasteiger partial charge in [0, 0.05) is 11.9 Å². The Hall–Kier alpha value is -3.85. The fraction of sp³-hybridized carbons (Fsp3) is 0.136. The third kappa shape index (κ3) is 3.38. The number of aromatic amines is 1. The van der Waals surface area contributed by atoms with Crippen molar-refractivity contribution in [1.29, 1.82) is 5.26 Å². The van der Waals surface area contributed by atoms with Crippen molar-refractivity contribution in [3.63, 3.8) is 0 Å². The lowest BCUT2D eigenvalue weighted by Crippen LogP contribution is -2.01. The number of nitriles is 1. The molecule has 2 N–H and O–H groups in total. The van der Waals surface area contributed by atoms with Gasteiger partial charge in [0.25, 0.3) is 0 Å². The standard InChI is InChI=1S/C22H19N5O/c1-13-10-14(2)19(15(3)11-13)28-21-18-8-9-24-20(18)26-22(27-21)25-17-6-4-16(12-23)5-7-17/h4-11H,1-3H3,(H2,24,25,26,27). The van der Waals surface area contributed by atoms with E-state index in [1.165, 1.54) is 5.56 Å². The van der Waals surface area contributed by atoms with Gasteiger partial charge in [-0.25, -0.2) is 0 Å². The number of ether oxygens (including phenoxy) is 1. The monoisotopic (exact) mass is 369 g/mol. The summed E-state index contributed by atoms with van der Waals surface area (Å²) in [5.74, 6) is 1.70. The van der Waals surface area contributed by atoms with Crippen LogP contribution in [0.2, 0.25) is 0 Å². The summed E-state index contributed by atoms with van der Waals surface area (Å²) >= 11 is 0. The highest BCUT2D eigenvalue weighted by Gasteiger charge is 2.14. The molecule has 0 radical (unpaired) electrons. The lowest BCUT2D eigenvalue weighted by atomic mass is 10.1. The number of aromatic nitrogens is 3. The zero-order valence-electron chi connectivity index (χ0n) is 15.9. The molecule has 0 saturated carbocycles. The molecule has 2 aromatic carbocycles. The largest absolute Gasteiger partial charge is 0.438 e. The second-order valence-corrected chi connectivity index (χ2v) is 6.74. The maximum Gasteiger partial charge on any atom is 0.233 e. The maximum atomic E-state index is 8.94. The fourth-order valence-electron chi connectivity index (χ4n) is 3.23. The van der Waals surface area contributed by atoms with Crippen LogP contribution in [-0.2, 0) is 0 Å². The highest BCUT2D eigenvalue weighted by molar-refractivity contribution is 5.82. The van der Waals surface area contributed by atoms with Crippen molar-refractivity contribution in [2.24, 2.45) is 0 Å². The summed E-state index contributed by atoms with van der Waals surface area (Å²) < 4.78 is 6.23. The Morgan fingerprint density at radius 2 is 1.71 bits per heavy atom. The molecule has 0 aliphatic carbocycles. The van der Waals surface area contributed by atoms with Gasteiger partial charge in [-0.1, -0.05) is 17.7 Å². The first-order valence-corrected chi connectivity index (χ1v) is 8.91. The third-order valence-electron chi connectivity index (χ3n) is 4.45. The first-order valence-electron chi connectivity index (χ1n) is 8.91. The predicted molar refractivity (Wildman–Crippen MR) is 109 cm³/mol. The zero-order chi connectivity index (χ0) is 19.7. The molecule has 138 valence electrons. The second-order valence-electron chi connectivity index (χ2n) is 6.74. The molecule has 2 aromatic heterocycles. The minimum absolute atomic E-state index is 0.414. The second kappa shape index (κ2) is 7.05. The van der Waals surface area contributed by atoms with Crippen LogP contribution in [0.3, 0.4) is 0 Å². The van der Waals surface area contributed by atoms with Gasteiger partial charge in [0.2, 0.25) is 11.8 Å². The average Bonchev–Trinajstić information content (AvgIpc) is 3.14. The molecule has 0 fully saturated rings. The third-order valence-corrected chi connectivity index (χ3v) is 4.45. The summed E-state index contributed by atoms with van der Waals surface area (Å²) in [4.78, 5) is 12.2. The van der Waals surface area contributed by atoms with Crippen molar-refractivity contribution >= 4 is 22.7 Å². The van der Waals surface area contributed by atoms with Gasteiger partial charge < -0.3 is 15.0 Å². The van der Waals surface area contributed by atoms with Crippen LogP contribution in [0.25, 0.3) is 11.0 Å². The molecule has 4 rings (SSSR count). The number of nitrogens with one attached hydrogen (secondary N) is 2. The molecule has 0 saturated heterocycles. The first-order chi connectivity index (χ1) is 13.5. The smallest absolute Gasteiger partial charge is 0.233 e. The summed E-state index contributed by atoms with van der Waals surface area (Å²) in [5.41, 5.74) is 5.38. The first kappa shape index (κ1) is 17.6. The highest BCUT2D eigenvalue weighted by atomic mass is 16.5. The van der Waals surface area contributed by atoms with Crippen molar-refractivity contribution in [2.45, 2.75) is 20.8 Å². The van der Waals surface area contributed by atoms with Crippen LogP contribution >= 0.6 is 0 Å². The van der Waals surface area contributed by atoms with E-state index in [1.807, 2.05) is 38.2 Å². The normalized spacial score (nSPS) is 10.6. The van der Waals surface area contributed by atoms with Crippen LogP contribution in [0.15, 0.2) is 48.7 Å². The molecule has 4 aromatic rings. The van der Waals surface area contributed by atoms with Crippen LogP contribution in [0, 0.1) is 32.1 Å². The summed E-state index contributed by atoms with van der Waals surface area (Å²) in [5, 5.41) is 12.9. The molecule has 0 spiro atoms. The van der Waals surface area contributed by atoms with E-state index in [2.05, 4.69) is 45.4 Å². The predicted octanol–water partition coefficient (Wildman–Crippen LogP) is 5.29. The van der Waals surface area contributed by atoms with Crippen molar-refractivity contribution in [2.75, 3.05) is 5.32 Å². The van der Waals surface area contributed by atoms with Crippen molar-refractivity contribution in [3.05, 3.63) is 70.9 Å². The molecule has 6 nitrogen and oxygen atoms in total. The minimum atomic E-state index is 0.414. The number of nitrogens with zero attached hydrogens (tertiary/aromatic N) is 3. The molecular formula is C22H19N5O. The molecule has 0 aliphatic rings. The Morgan fingerprint density at radius 1 is 1.00 bits per heavy atom. The van der Waals surface area contributed by atoms with Gasteiger partial charge in [0.1, 0.15) is 11.4 Å². The number of fused-ring (bicyclic) bond motifs is 1. The van der Waals surface area contributed by atoms with Crippen LogP contribution in [0.4, 0.5) is 11.6 Å². The molecule has 0 aliphatic heterocycles. The molecule has 0 atom stereocenters. The SMILES string of the molecule is Cc1cc(C)c(Oc2nc(Nc3ccc(C#N)cc3)nc3[nH]ccc23)c(C)c1. The number of hydrogen-bond acceptors (Lipinski definition) is 5. The Labute approximate surface area is 162 Å². The fourth-order valence-corrected chi connectivity index (χ4v) is 3.23. The summed E-state index contributed by atoms with van der Waals surface area (Å²) in [6.45, 7) is 6.12. The van der Waals surface area contributed by atoms with Gasteiger partial charge >= 0.3 is 0 Å². The van der Waals surface area contributed by atoms with E-state index in [9.17, 15) is 0 Å². The molecule has 0 amide bonds. The lowest BCUT2D eigenvalue weighted by molar-refractivity contribution is 0.462. The molecule has 28 heavy (non-hydrogen) atoms. The van der Waals surface area contributed by atoms with E-state index in [-0.39, 0.29) is 0 Å². The van der Waals surface area contributed by atoms with E-state index in [0.717, 1.165) is 28.0 Å². The summed E-state index contributed by atoms with van der Waals surface area (Å²) in [7, 11) is 0. The van der Waals surface area contributed by atoms with E-state index >= 15 is 0 Å². The zero-order valence-corrected chi connectivity index (χ0v) is 15.9. The number of hydrogen-bond donors (Lipinski definition) is 2.